The first-order chi connectivity index (χ1) is 20.2. The summed E-state index contributed by atoms with van der Waals surface area (Å²) in [5.41, 5.74) is 2.73. The standard InChI is InChI=1S/C37H50BrN2O2.BrH/c1-23-9-14-37(41-21-23)24(2)33-31(42-37)18-29-27-17-32(40-16-15-39(22-40)20-25-7-5-6-8-30(25)38)36-19-26(36)10-13-35(36,4)28(27)11-12-34(29,33)3;/h5-8,15-16,22-24,26-29,31-33H,9-14,17-21H2,1-4H3;1H/q+1;/p-1/t23-,24+,26-,27-,28+,29+,31+,32+,33+,34+,35-,36+,37-;/m1./s1. The van der Waals surface area contributed by atoms with Crippen molar-refractivity contribution in [2.45, 2.75) is 110 Å². The van der Waals surface area contributed by atoms with Crippen LogP contribution in [-0.2, 0) is 16.0 Å². The van der Waals surface area contributed by atoms with E-state index >= 15 is 0 Å². The molecule has 1 aromatic heterocycles. The molecule has 2 aromatic rings. The highest BCUT2D eigenvalue weighted by molar-refractivity contribution is 9.10. The van der Waals surface area contributed by atoms with E-state index < -0.39 is 0 Å². The Balaban J connectivity index is 0.00000278. The molecule has 7 fully saturated rings. The predicted molar refractivity (Wildman–Crippen MR) is 166 cm³/mol. The molecule has 9 rings (SSSR count). The molecule has 1 aromatic carbocycles. The third kappa shape index (κ3) is 3.88. The molecule has 7 aliphatic rings. The highest BCUT2D eigenvalue weighted by atomic mass is 79.9. The van der Waals surface area contributed by atoms with Gasteiger partial charge in [0.1, 0.15) is 25.0 Å². The number of benzene rings is 1. The van der Waals surface area contributed by atoms with Crippen molar-refractivity contribution in [1.82, 2.24) is 4.57 Å². The van der Waals surface area contributed by atoms with Gasteiger partial charge in [-0.3, -0.25) is 0 Å². The summed E-state index contributed by atoms with van der Waals surface area (Å²) < 4.78 is 20.0. The predicted octanol–water partition coefficient (Wildman–Crippen LogP) is 5.19. The van der Waals surface area contributed by atoms with Crippen molar-refractivity contribution in [3.63, 3.8) is 0 Å². The Hall–Kier alpha value is -0.690. The number of hydrogen-bond acceptors (Lipinski definition) is 2. The van der Waals surface area contributed by atoms with Gasteiger partial charge in [0.25, 0.3) is 0 Å². The Morgan fingerprint density at radius 2 is 1.86 bits per heavy atom. The molecule has 2 saturated heterocycles. The first kappa shape index (κ1) is 29.7. The van der Waals surface area contributed by atoms with E-state index in [4.69, 9.17) is 9.47 Å². The minimum absolute atomic E-state index is 0. The number of ether oxygens (including phenoxy) is 2. The molecule has 3 heterocycles. The Bertz CT molecular complexity index is 1400. The zero-order chi connectivity index (χ0) is 28.6. The average molecular weight is 715 g/mol. The maximum absolute atomic E-state index is 7.10. The lowest BCUT2D eigenvalue weighted by atomic mass is 9.44. The molecule has 234 valence electrons. The van der Waals surface area contributed by atoms with Crippen LogP contribution in [0.4, 0.5) is 0 Å². The molecular weight excluding hydrogens is 664 g/mol. The van der Waals surface area contributed by atoms with E-state index in [-0.39, 0.29) is 22.8 Å². The van der Waals surface area contributed by atoms with Gasteiger partial charge in [-0.25, -0.2) is 9.13 Å². The molecule has 13 atom stereocenters. The quantitative estimate of drug-likeness (QED) is 0.410. The van der Waals surface area contributed by atoms with Gasteiger partial charge in [0.15, 0.2) is 5.79 Å². The van der Waals surface area contributed by atoms with Crippen LogP contribution in [0.1, 0.15) is 97.1 Å². The molecule has 6 heteroatoms. The normalized spacial score (nSPS) is 50.8. The third-order valence-electron chi connectivity index (χ3n) is 15.2. The number of hydrogen-bond donors (Lipinski definition) is 0. The summed E-state index contributed by atoms with van der Waals surface area (Å²) in [5.74, 6) is 4.93. The maximum atomic E-state index is 7.10. The third-order valence-corrected chi connectivity index (χ3v) is 16.0. The molecular formula is C37H50Br2N2O2. The highest BCUT2D eigenvalue weighted by Crippen LogP contribution is 2.84. The Morgan fingerprint density at radius 3 is 2.63 bits per heavy atom. The summed E-state index contributed by atoms with van der Waals surface area (Å²) in [7, 11) is 0. The average Bonchev–Trinajstić information content (AvgIpc) is 3.19. The summed E-state index contributed by atoms with van der Waals surface area (Å²) in [6, 6.07) is 9.30. The van der Waals surface area contributed by atoms with Crippen LogP contribution in [-0.4, -0.2) is 23.1 Å². The number of aromatic nitrogens is 2. The maximum Gasteiger partial charge on any atom is 0.244 e. The van der Waals surface area contributed by atoms with Gasteiger partial charge < -0.3 is 26.5 Å². The van der Waals surface area contributed by atoms with E-state index in [0.717, 1.165) is 43.2 Å². The Kier molecular flexibility index (Phi) is 6.84. The number of fused-ring (bicyclic) bond motifs is 6. The summed E-state index contributed by atoms with van der Waals surface area (Å²) in [4.78, 5) is 0. The second-order valence-electron chi connectivity index (χ2n) is 16.7. The largest absolute Gasteiger partial charge is 1.00 e. The monoisotopic (exact) mass is 712 g/mol. The summed E-state index contributed by atoms with van der Waals surface area (Å²) >= 11 is 3.78. The van der Waals surface area contributed by atoms with Gasteiger partial charge in [-0.2, -0.15) is 0 Å². The summed E-state index contributed by atoms with van der Waals surface area (Å²) in [5, 5.41) is 0. The molecule has 2 aliphatic heterocycles. The van der Waals surface area contributed by atoms with E-state index in [1.807, 2.05) is 0 Å². The number of rotatable bonds is 3. The van der Waals surface area contributed by atoms with Crippen molar-refractivity contribution in [1.29, 1.82) is 0 Å². The van der Waals surface area contributed by atoms with Crippen LogP contribution in [0.25, 0.3) is 0 Å². The summed E-state index contributed by atoms with van der Waals surface area (Å²) in [6.07, 6.45) is 19.8. The molecule has 0 radical (unpaired) electrons. The molecule has 5 aliphatic carbocycles. The van der Waals surface area contributed by atoms with Gasteiger partial charge >= 0.3 is 0 Å². The molecule has 0 N–H and O–H groups in total. The second kappa shape index (κ2) is 9.91. The Labute approximate surface area is 277 Å². The fourth-order valence-corrected chi connectivity index (χ4v) is 13.6. The smallest absolute Gasteiger partial charge is 0.244 e. The van der Waals surface area contributed by atoms with Crippen LogP contribution in [0.5, 0.6) is 0 Å². The lowest BCUT2D eigenvalue weighted by molar-refractivity contribution is -0.688. The molecule has 0 unspecified atom stereocenters. The molecule has 2 spiro atoms. The topological polar surface area (TPSA) is 27.3 Å². The van der Waals surface area contributed by atoms with E-state index in [0.29, 0.717) is 46.1 Å². The van der Waals surface area contributed by atoms with Crippen LogP contribution in [0.3, 0.4) is 0 Å². The first-order valence-electron chi connectivity index (χ1n) is 17.3. The van der Waals surface area contributed by atoms with Crippen molar-refractivity contribution in [3.05, 3.63) is 53.0 Å². The van der Waals surface area contributed by atoms with Gasteiger partial charge in [-0.1, -0.05) is 61.8 Å². The molecule has 0 amide bonds. The van der Waals surface area contributed by atoms with Gasteiger partial charge in [-0.15, -0.1) is 0 Å². The van der Waals surface area contributed by atoms with Crippen LogP contribution in [0.2, 0.25) is 0 Å². The first-order valence-corrected chi connectivity index (χ1v) is 18.1. The van der Waals surface area contributed by atoms with Crippen molar-refractivity contribution in [3.8, 4) is 0 Å². The minimum atomic E-state index is -0.309. The van der Waals surface area contributed by atoms with Crippen molar-refractivity contribution in [2.75, 3.05) is 6.61 Å². The van der Waals surface area contributed by atoms with Crippen LogP contribution in [0, 0.1) is 57.7 Å². The van der Waals surface area contributed by atoms with Crippen molar-refractivity contribution < 1.29 is 31.0 Å². The van der Waals surface area contributed by atoms with Crippen molar-refractivity contribution in [2.24, 2.45) is 57.7 Å². The fraction of sp³-hybridized carbons (Fsp3) is 0.757. The number of halogens is 2. The van der Waals surface area contributed by atoms with Crippen LogP contribution >= 0.6 is 15.9 Å². The molecule has 5 saturated carbocycles. The van der Waals surface area contributed by atoms with Gasteiger partial charge in [0, 0.05) is 27.8 Å². The van der Waals surface area contributed by atoms with Gasteiger partial charge in [0.2, 0.25) is 6.33 Å². The number of nitrogens with zero attached hydrogens (tertiary/aromatic N) is 2. The van der Waals surface area contributed by atoms with Crippen LogP contribution < -0.4 is 21.5 Å². The lowest BCUT2D eigenvalue weighted by Crippen LogP contribution is -3.00. The zero-order valence-corrected chi connectivity index (χ0v) is 29.7. The molecule has 0 bridgehead atoms. The highest BCUT2D eigenvalue weighted by Gasteiger charge is 2.79. The fourth-order valence-electron chi connectivity index (χ4n) is 13.2. The molecule has 43 heavy (non-hydrogen) atoms. The van der Waals surface area contributed by atoms with E-state index in [1.165, 1.54) is 61.4 Å². The Morgan fingerprint density at radius 1 is 1.02 bits per heavy atom. The van der Waals surface area contributed by atoms with E-state index in [2.05, 4.69) is 95.7 Å². The zero-order valence-electron chi connectivity index (χ0n) is 26.5. The second-order valence-corrected chi connectivity index (χ2v) is 17.5. The summed E-state index contributed by atoms with van der Waals surface area (Å²) in [6.45, 7) is 12.1. The van der Waals surface area contributed by atoms with E-state index in [1.54, 1.807) is 0 Å². The van der Waals surface area contributed by atoms with Gasteiger partial charge in [-0.05, 0) is 104 Å². The molecule has 4 nitrogen and oxygen atoms in total. The van der Waals surface area contributed by atoms with Gasteiger partial charge in [0.05, 0.1) is 12.7 Å². The van der Waals surface area contributed by atoms with Crippen molar-refractivity contribution >= 4 is 15.9 Å². The lowest BCUT2D eigenvalue weighted by Gasteiger charge is -2.60. The van der Waals surface area contributed by atoms with Crippen LogP contribution in [0.15, 0.2) is 47.5 Å². The minimum Gasteiger partial charge on any atom is -1.00 e. The SMILES string of the molecule is C[C@@H]1CC[C@@]2(OC1)O[C@H]1C[C@H]3[C@@H]4C[C@H](n5cc[n+](Cc6ccccc6Br)c5)[C@]56C[C@H]5CC[C@]6(C)[C@H]4CC[C@]3(C)[C@H]1[C@@H]2C.[Br-]. The number of imidazole rings is 1. The van der Waals surface area contributed by atoms with E-state index in [9.17, 15) is 0 Å².